The number of aryl methyl sites for hydroxylation is 2. The van der Waals surface area contributed by atoms with Gasteiger partial charge >= 0.3 is 6.36 Å². The van der Waals surface area contributed by atoms with Crippen LogP contribution in [0.4, 0.5) is 18.9 Å². The van der Waals surface area contributed by atoms with E-state index in [0.29, 0.717) is 0 Å². The van der Waals surface area contributed by atoms with E-state index in [1.807, 2.05) is 23.9 Å². The monoisotopic (exact) mass is 473 g/mol. The fourth-order valence-electron chi connectivity index (χ4n) is 4.45. The fourth-order valence-corrected chi connectivity index (χ4v) is 4.45. The molecule has 1 saturated heterocycles. The van der Waals surface area contributed by atoms with Crippen molar-refractivity contribution in [2.24, 2.45) is 7.05 Å². The van der Waals surface area contributed by atoms with Gasteiger partial charge in [0.15, 0.2) is 5.82 Å². The molecule has 0 aliphatic carbocycles. The molecule has 0 N–H and O–H groups in total. The number of hydrogen-bond donors (Lipinski definition) is 0. The highest BCUT2D eigenvalue weighted by atomic mass is 19.4. The molecule has 3 aromatic rings. The van der Waals surface area contributed by atoms with Crippen LogP contribution in [0.25, 0.3) is 11.1 Å². The van der Waals surface area contributed by atoms with Crippen molar-refractivity contribution in [3.05, 3.63) is 59.7 Å². The number of hydrogen-bond acceptors (Lipinski definition) is 5. The van der Waals surface area contributed by atoms with E-state index < -0.39 is 6.36 Å². The van der Waals surface area contributed by atoms with Gasteiger partial charge in [0.1, 0.15) is 11.6 Å². The summed E-state index contributed by atoms with van der Waals surface area (Å²) in [6, 6.07) is 12.2. The molecule has 1 aliphatic rings. The summed E-state index contributed by atoms with van der Waals surface area (Å²) in [6.07, 6.45) is -2.83. The first-order chi connectivity index (χ1) is 16.2. The number of ether oxygens (including phenoxy) is 1. The molecular weight excluding hydrogens is 443 g/mol. The average Bonchev–Trinajstić information content (AvgIpc) is 2.99. The van der Waals surface area contributed by atoms with Crippen molar-refractivity contribution in [1.82, 2.24) is 19.7 Å². The minimum atomic E-state index is -4.69. The van der Waals surface area contributed by atoms with Gasteiger partial charge in [-0.15, -0.1) is 13.2 Å². The zero-order valence-corrected chi connectivity index (χ0v) is 19.8. The molecule has 0 spiro atoms. The molecule has 2 heterocycles. The summed E-state index contributed by atoms with van der Waals surface area (Å²) in [5.74, 6) is 1.65. The Morgan fingerprint density at radius 2 is 1.76 bits per heavy atom. The SMILES string of the molecule is CCc1nc(CN2CCCN(c3cccc(-c4ccc(OC(F)(F)F)cc4)c3C)CC2)n(C)n1. The minimum Gasteiger partial charge on any atom is -0.406 e. The highest BCUT2D eigenvalue weighted by Gasteiger charge is 2.31. The summed E-state index contributed by atoms with van der Waals surface area (Å²) in [5, 5.41) is 4.46. The van der Waals surface area contributed by atoms with Gasteiger partial charge in [0.05, 0.1) is 6.54 Å². The molecule has 6 nitrogen and oxygen atoms in total. The Morgan fingerprint density at radius 3 is 2.44 bits per heavy atom. The van der Waals surface area contributed by atoms with Crippen LogP contribution in [0.1, 0.15) is 30.6 Å². The van der Waals surface area contributed by atoms with Crippen LogP contribution in [0.15, 0.2) is 42.5 Å². The lowest BCUT2D eigenvalue weighted by Crippen LogP contribution is -2.31. The predicted octanol–water partition coefficient (Wildman–Crippen LogP) is 4.96. The van der Waals surface area contributed by atoms with Crippen molar-refractivity contribution < 1.29 is 17.9 Å². The molecule has 2 aromatic carbocycles. The molecule has 1 aromatic heterocycles. The minimum absolute atomic E-state index is 0.216. The summed E-state index contributed by atoms with van der Waals surface area (Å²) in [5.41, 5.74) is 4.13. The molecule has 34 heavy (non-hydrogen) atoms. The number of aromatic nitrogens is 3. The predicted molar refractivity (Wildman–Crippen MR) is 126 cm³/mol. The molecule has 1 aliphatic heterocycles. The van der Waals surface area contributed by atoms with Crippen molar-refractivity contribution in [3.8, 4) is 16.9 Å². The highest BCUT2D eigenvalue weighted by Crippen LogP contribution is 2.33. The van der Waals surface area contributed by atoms with Gasteiger partial charge < -0.3 is 9.64 Å². The quantitative estimate of drug-likeness (QED) is 0.506. The Hall–Kier alpha value is -3.07. The number of rotatable bonds is 6. The molecule has 182 valence electrons. The maximum absolute atomic E-state index is 12.5. The Labute approximate surface area is 198 Å². The van der Waals surface area contributed by atoms with Crippen molar-refractivity contribution in [1.29, 1.82) is 0 Å². The van der Waals surface area contributed by atoms with Crippen molar-refractivity contribution in [2.75, 3.05) is 31.1 Å². The summed E-state index contributed by atoms with van der Waals surface area (Å²) < 4.78 is 43.3. The fraction of sp³-hybridized carbons (Fsp3) is 0.440. The molecule has 0 bridgehead atoms. The van der Waals surface area contributed by atoms with E-state index in [0.717, 1.165) is 79.6 Å². The summed E-state index contributed by atoms with van der Waals surface area (Å²) in [4.78, 5) is 9.46. The Bertz CT molecular complexity index is 1110. The van der Waals surface area contributed by atoms with Crippen LogP contribution in [-0.2, 0) is 20.0 Å². The second-order valence-corrected chi connectivity index (χ2v) is 8.56. The van der Waals surface area contributed by atoms with Crippen LogP contribution in [0, 0.1) is 6.92 Å². The van der Waals surface area contributed by atoms with Crippen LogP contribution in [0.5, 0.6) is 5.75 Å². The average molecular weight is 474 g/mol. The van der Waals surface area contributed by atoms with E-state index in [2.05, 4.69) is 44.5 Å². The zero-order chi connectivity index (χ0) is 24.3. The van der Waals surface area contributed by atoms with E-state index in [-0.39, 0.29) is 5.75 Å². The van der Waals surface area contributed by atoms with Gasteiger partial charge in [-0.1, -0.05) is 31.2 Å². The van der Waals surface area contributed by atoms with E-state index in [1.165, 1.54) is 12.1 Å². The smallest absolute Gasteiger partial charge is 0.406 e. The maximum Gasteiger partial charge on any atom is 0.573 e. The van der Waals surface area contributed by atoms with E-state index in [4.69, 9.17) is 0 Å². The van der Waals surface area contributed by atoms with Crippen molar-refractivity contribution in [2.45, 2.75) is 39.6 Å². The Kier molecular flexibility index (Phi) is 7.11. The summed E-state index contributed by atoms with van der Waals surface area (Å²) >= 11 is 0. The van der Waals surface area contributed by atoms with Gasteiger partial charge in [-0.05, 0) is 48.2 Å². The van der Waals surface area contributed by atoms with Gasteiger partial charge in [-0.3, -0.25) is 9.58 Å². The number of nitrogens with zero attached hydrogens (tertiary/aromatic N) is 5. The second-order valence-electron chi connectivity index (χ2n) is 8.56. The molecule has 0 amide bonds. The zero-order valence-electron chi connectivity index (χ0n) is 19.8. The molecule has 0 radical (unpaired) electrons. The highest BCUT2D eigenvalue weighted by molar-refractivity contribution is 5.74. The Morgan fingerprint density at radius 1 is 1.00 bits per heavy atom. The van der Waals surface area contributed by atoms with Gasteiger partial charge in [0.2, 0.25) is 0 Å². The number of alkyl halides is 3. The topological polar surface area (TPSA) is 46.4 Å². The first kappa shape index (κ1) is 24.1. The van der Waals surface area contributed by atoms with Gasteiger partial charge in [-0.2, -0.15) is 5.10 Å². The third-order valence-electron chi connectivity index (χ3n) is 6.21. The molecule has 0 atom stereocenters. The van der Waals surface area contributed by atoms with Gasteiger partial charge in [0, 0.05) is 45.3 Å². The van der Waals surface area contributed by atoms with Crippen LogP contribution in [0.2, 0.25) is 0 Å². The maximum atomic E-state index is 12.5. The van der Waals surface area contributed by atoms with E-state index in [1.54, 1.807) is 12.1 Å². The van der Waals surface area contributed by atoms with E-state index in [9.17, 15) is 13.2 Å². The number of anilines is 1. The largest absolute Gasteiger partial charge is 0.573 e. The number of benzene rings is 2. The lowest BCUT2D eigenvalue weighted by Gasteiger charge is -2.26. The summed E-state index contributed by atoms with van der Waals surface area (Å²) in [6.45, 7) is 8.65. The molecule has 0 unspecified atom stereocenters. The normalized spacial score (nSPS) is 15.4. The van der Waals surface area contributed by atoms with Crippen LogP contribution < -0.4 is 9.64 Å². The standard InChI is InChI=1S/C25H30F3N5O/c1-4-23-29-24(31(3)30-23)17-32-13-6-14-33(16-15-32)22-8-5-7-21(18(22)2)19-9-11-20(12-10-19)34-25(26,27)28/h5,7-12H,4,6,13-17H2,1-3H3. The lowest BCUT2D eigenvalue weighted by molar-refractivity contribution is -0.274. The van der Waals surface area contributed by atoms with Crippen molar-refractivity contribution in [3.63, 3.8) is 0 Å². The molecule has 4 rings (SSSR count). The lowest BCUT2D eigenvalue weighted by atomic mass is 9.98. The molecule has 9 heteroatoms. The van der Waals surface area contributed by atoms with Crippen LogP contribution >= 0.6 is 0 Å². The third kappa shape index (κ3) is 5.70. The van der Waals surface area contributed by atoms with Crippen molar-refractivity contribution >= 4 is 5.69 Å². The van der Waals surface area contributed by atoms with Crippen LogP contribution in [-0.4, -0.2) is 52.2 Å². The molecule has 1 fully saturated rings. The first-order valence-electron chi connectivity index (χ1n) is 11.6. The Balaban J connectivity index is 1.46. The third-order valence-corrected chi connectivity index (χ3v) is 6.21. The van der Waals surface area contributed by atoms with Gasteiger partial charge in [0.25, 0.3) is 0 Å². The molecule has 0 saturated carbocycles. The van der Waals surface area contributed by atoms with Crippen LogP contribution in [0.3, 0.4) is 0 Å². The molecular formula is C25H30F3N5O. The number of halogens is 3. The van der Waals surface area contributed by atoms with E-state index >= 15 is 0 Å². The first-order valence-corrected chi connectivity index (χ1v) is 11.6. The summed E-state index contributed by atoms with van der Waals surface area (Å²) in [7, 11) is 1.95. The van der Waals surface area contributed by atoms with Gasteiger partial charge in [-0.25, -0.2) is 4.98 Å². The second kappa shape index (κ2) is 10.0.